The molecule has 0 aromatic heterocycles. The number of aryl methyl sites for hydroxylation is 1. The van der Waals surface area contributed by atoms with E-state index in [0.29, 0.717) is 5.75 Å². The van der Waals surface area contributed by atoms with Crippen LogP contribution in [0.5, 0.6) is 5.75 Å². The average molecular weight is 276 g/mol. The molecule has 0 amide bonds. The molecule has 0 heterocycles. The lowest BCUT2D eigenvalue weighted by Gasteiger charge is -2.33. The van der Waals surface area contributed by atoms with E-state index in [1.807, 2.05) is 31.2 Å². The fourth-order valence-corrected chi connectivity index (χ4v) is 2.15. The van der Waals surface area contributed by atoms with Crippen molar-refractivity contribution in [1.82, 2.24) is 0 Å². The van der Waals surface area contributed by atoms with Gasteiger partial charge in [-0.15, -0.1) is 0 Å². The first-order chi connectivity index (χ1) is 8.99. The molecule has 0 N–H and O–H groups in total. The molecule has 0 saturated carbocycles. The van der Waals surface area contributed by atoms with Crippen LogP contribution in [0.4, 0.5) is 0 Å². The predicted octanol–water partition coefficient (Wildman–Crippen LogP) is 5.00. The van der Waals surface area contributed by atoms with Crippen molar-refractivity contribution in [2.45, 2.75) is 54.9 Å². The van der Waals surface area contributed by atoms with Gasteiger partial charge in [-0.05, 0) is 36.3 Å². The van der Waals surface area contributed by atoms with Crippen LogP contribution in [0, 0.1) is 23.7 Å². The van der Waals surface area contributed by atoms with Gasteiger partial charge in [0.05, 0.1) is 5.92 Å². The number of carbonyl (C=O) groups excluding carboxylic acids is 1. The molecule has 2 heteroatoms. The third kappa shape index (κ3) is 5.36. The van der Waals surface area contributed by atoms with E-state index in [2.05, 4.69) is 41.5 Å². The Balaban J connectivity index is 2.86. The monoisotopic (exact) mass is 276 g/mol. The Morgan fingerprint density at radius 1 is 1.05 bits per heavy atom. The summed E-state index contributed by atoms with van der Waals surface area (Å²) in [6, 6.07) is 7.62. The first-order valence-electron chi connectivity index (χ1n) is 7.27. The van der Waals surface area contributed by atoms with Gasteiger partial charge in [-0.3, -0.25) is 4.79 Å². The standard InChI is InChI=1S/C18H28O2/c1-13-8-10-14(11-9-13)20-16(19)15(18(5,6)7)12-17(2,3)4/h8-11,15H,12H2,1-7H3. The molecule has 2 nitrogen and oxygen atoms in total. The van der Waals surface area contributed by atoms with Crippen molar-refractivity contribution in [3.63, 3.8) is 0 Å². The van der Waals surface area contributed by atoms with E-state index >= 15 is 0 Å². The summed E-state index contributed by atoms with van der Waals surface area (Å²) in [4.78, 5) is 12.5. The van der Waals surface area contributed by atoms with Crippen LogP contribution in [0.15, 0.2) is 24.3 Å². The zero-order valence-electron chi connectivity index (χ0n) is 13.9. The molecule has 0 radical (unpaired) electrons. The third-order valence-corrected chi connectivity index (χ3v) is 3.39. The quantitative estimate of drug-likeness (QED) is 0.573. The Hall–Kier alpha value is -1.31. The first-order valence-corrected chi connectivity index (χ1v) is 7.27. The predicted molar refractivity (Wildman–Crippen MR) is 83.8 cm³/mol. The van der Waals surface area contributed by atoms with Gasteiger partial charge in [0.15, 0.2) is 0 Å². The lowest BCUT2D eigenvalue weighted by molar-refractivity contribution is -0.144. The van der Waals surface area contributed by atoms with E-state index in [-0.39, 0.29) is 22.7 Å². The molecular formula is C18H28O2. The summed E-state index contributed by atoms with van der Waals surface area (Å²) in [6.07, 6.45) is 0.821. The molecule has 1 unspecified atom stereocenters. The Morgan fingerprint density at radius 3 is 1.95 bits per heavy atom. The van der Waals surface area contributed by atoms with Gasteiger partial charge in [0.2, 0.25) is 0 Å². The van der Waals surface area contributed by atoms with Gasteiger partial charge in [-0.2, -0.15) is 0 Å². The maximum absolute atomic E-state index is 12.5. The normalized spacial score (nSPS) is 13.9. The molecule has 0 aliphatic heterocycles. The number of ether oxygens (including phenoxy) is 1. The van der Waals surface area contributed by atoms with Gasteiger partial charge in [-0.1, -0.05) is 59.2 Å². The molecule has 1 atom stereocenters. The zero-order valence-corrected chi connectivity index (χ0v) is 13.9. The minimum atomic E-state index is -0.128. The van der Waals surface area contributed by atoms with E-state index in [4.69, 9.17) is 4.74 Å². The SMILES string of the molecule is Cc1ccc(OC(=O)C(CC(C)(C)C)C(C)(C)C)cc1. The van der Waals surface area contributed by atoms with Crippen LogP contribution in [0.2, 0.25) is 0 Å². The summed E-state index contributed by atoms with van der Waals surface area (Å²) < 4.78 is 5.56. The molecule has 1 aromatic rings. The summed E-state index contributed by atoms with van der Waals surface area (Å²) in [5.41, 5.74) is 1.16. The fourth-order valence-electron chi connectivity index (χ4n) is 2.15. The Kier molecular flexibility index (Phi) is 5.01. The van der Waals surface area contributed by atoms with Gasteiger partial charge in [-0.25, -0.2) is 0 Å². The summed E-state index contributed by atoms with van der Waals surface area (Å²) >= 11 is 0. The van der Waals surface area contributed by atoms with Crippen molar-refractivity contribution in [1.29, 1.82) is 0 Å². The van der Waals surface area contributed by atoms with Crippen LogP contribution in [0.1, 0.15) is 53.5 Å². The summed E-state index contributed by atoms with van der Waals surface area (Å²) in [6.45, 7) is 14.8. The smallest absolute Gasteiger partial charge is 0.314 e. The van der Waals surface area contributed by atoms with Crippen LogP contribution >= 0.6 is 0 Å². The second-order valence-corrected chi connectivity index (χ2v) is 7.92. The van der Waals surface area contributed by atoms with E-state index < -0.39 is 0 Å². The molecule has 1 rings (SSSR count). The molecule has 0 spiro atoms. The number of hydrogen-bond acceptors (Lipinski definition) is 2. The van der Waals surface area contributed by atoms with Gasteiger partial charge < -0.3 is 4.74 Å². The van der Waals surface area contributed by atoms with Crippen molar-refractivity contribution in [2.24, 2.45) is 16.7 Å². The number of hydrogen-bond donors (Lipinski definition) is 0. The van der Waals surface area contributed by atoms with Crippen LogP contribution in [0.25, 0.3) is 0 Å². The van der Waals surface area contributed by atoms with E-state index in [9.17, 15) is 4.79 Å². The van der Waals surface area contributed by atoms with Crippen molar-refractivity contribution < 1.29 is 9.53 Å². The molecular weight excluding hydrogens is 248 g/mol. The minimum absolute atomic E-state index is 0.101. The molecule has 112 valence electrons. The molecule has 1 aromatic carbocycles. The first kappa shape index (κ1) is 16.7. The van der Waals surface area contributed by atoms with Crippen LogP contribution in [-0.4, -0.2) is 5.97 Å². The summed E-state index contributed by atoms with van der Waals surface area (Å²) in [5, 5.41) is 0. The topological polar surface area (TPSA) is 26.3 Å². The van der Waals surface area contributed by atoms with E-state index in [1.54, 1.807) is 0 Å². The third-order valence-electron chi connectivity index (χ3n) is 3.39. The second-order valence-electron chi connectivity index (χ2n) is 7.92. The highest BCUT2D eigenvalue weighted by molar-refractivity contribution is 5.76. The fraction of sp³-hybridized carbons (Fsp3) is 0.611. The lowest BCUT2D eigenvalue weighted by Crippen LogP contribution is -2.35. The highest BCUT2D eigenvalue weighted by atomic mass is 16.5. The maximum Gasteiger partial charge on any atom is 0.314 e. The van der Waals surface area contributed by atoms with E-state index in [1.165, 1.54) is 0 Å². The maximum atomic E-state index is 12.5. The van der Waals surface area contributed by atoms with Gasteiger partial charge >= 0.3 is 5.97 Å². The van der Waals surface area contributed by atoms with Crippen molar-refractivity contribution >= 4 is 5.97 Å². The van der Waals surface area contributed by atoms with Crippen LogP contribution < -0.4 is 4.74 Å². The Morgan fingerprint density at radius 2 is 1.55 bits per heavy atom. The number of esters is 1. The Labute approximate surface area is 123 Å². The van der Waals surface area contributed by atoms with Crippen molar-refractivity contribution in [2.75, 3.05) is 0 Å². The van der Waals surface area contributed by atoms with Gasteiger partial charge in [0, 0.05) is 0 Å². The van der Waals surface area contributed by atoms with Gasteiger partial charge in [0.1, 0.15) is 5.75 Å². The second kappa shape index (κ2) is 5.99. The number of rotatable bonds is 3. The minimum Gasteiger partial charge on any atom is -0.426 e. The van der Waals surface area contributed by atoms with Gasteiger partial charge in [0.25, 0.3) is 0 Å². The highest BCUT2D eigenvalue weighted by Gasteiger charge is 2.36. The molecule has 0 saturated heterocycles. The van der Waals surface area contributed by atoms with Crippen LogP contribution in [0.3, 0.4) is 0 Å². The Bertz CT molecular complexity index is 444. The molecule has 0 bridgehead atoms. The molecule has 0 aliphatic carbocycles. The number of carbonyl (C=O) groups is 1. The molecule has 20 heavy (non-hydrogen) atoms. The number of benzene rings is 1. The summed E-state index contributed by atoms with van der Waals surface area (Å²) in [7, 11) is 0. The molecule has 0 fully saturated rings. The van der Waals surface area contributed by atoms with Crippen molar-refractivity contribution in [3.8, 4) is 5.75 Å². The van der Waals surface area contributed by atoms with Crippen molar-refractivity contribution in [3.05, 3.63) is 29.8 Å². The molecule has 0 aliphatic rings. The lowest BCUT2D eigenvalue weighted by atomic mass is 9.72. The highest BCUT2D eigenvalue weighted by Crippen LogP contribution is 2.37. The largest absolute Gasteiger partial charge is 0.426 e. The van der Waals surface area contributed by atoms with Crippen LogP contribution in [-0.2, 0) is 4.79 Å². The average Bonchev–Trinajstić information content (AvgIpc) is 2.26. The zero-order chi connectivity index (χ0) is 15.6. The summed E-state index contributed by atoms with van der Waals surface area (Å²) in [5.74, 6) is 0.392. The van der Waals surface area contributed by atoms with E-state index in [0.717, 1.165) is 12.0 Å².